The molecule has 1 N–H and O–H groups in total. The summed E-state index contributed by atoms with van der Waals surface area (Å²) >= 11 is 7.75. The van der Waals surface area contributed by atoms with E-state index in [4.69, 9.17) is 16.3 Å². The topological polar surface area (TPSA) is 55.4 Å². The van der Waals surface area contributed by atoms with E-state index in [1.54, 1.807) is 11.3 Å². The normalized spacial score (nSPS) is 40.3. The molecule has 5 rings (SSSR count). The van der Waals surface area contributed by atoms with Gasteiger partial charge in [0.05, 0.1) is 16.5 Å². The minimum absolute atomic E-state index is 0.00342. The number of carbonyl (C=O) groups is 2. The molecule has 10 atom stereocenters. The van der Waals surface area contributed by atoms with E-state index in [-0.39, 0.29) is 28.7 Å². The molecule has 4 nitrogen and oxygen atoms in total. The molecule has 6 heteroatoms. The number of rotatable bonds is 7. The monoisotopic (exact) mass is 561 g/mol. The molecule has 1 amide bonds. The van der Waals surface area contributed by atoms with Crippen molar-refractivity contribution < 1.29 is 14.3 Å². The maximum atomic E-state index is 13.8. The van der Waals surface area contributed by atoms with Crippen LogP contribution in [0.15, 0.2) is 12.1 Å². The van der Waals surface area contributed by atoms with Gasteiger partial charge in [-0.1, -0.05) is 46.2 Å². The number of nitrogens with one attached hydrogen (secondary N) is 1. The van der Waals surface area contributed by atoms with Crippen LogP contribution in [0.2, 0.25) is 4.34 Å². The van der Waals surface area contributed by atoms with Crippen LogP contribution in [0.3, 0.4) is 0 Å². The van der Waals surface area contributed by atoms with Crippen LogP contribution in [0.25, 0.3) is 0 Å². The number of hydrogen-bond donors (Lipinski definition) is 1. The van der Waals surface area contributed by atoms with E-state index in [9.17, 15) is 9.59 Å². The maximum Gasteiger partial charge on any atom is 0.220 e. The number of fused-ring (bicyclic) bond motifs is 5. The average Bonchev–Trinajstić information content (AvgIpc) is 3.45. The van der Waals surface area contributed by atoms with Crippen molar-refractivity contribution in [2.45, 2.75) is 105 Å². The van der Waals surface area contributed by atoms with Gasteiger partial charge in [0.15, 0.2) is 0 Å². The van der Waals surface area contributed by atoms with Crippen LogP contribution in [-0.2, 0) is 14.3 Å². The Morgan fingerprint density at radius 3 is 2.47 bits per heavy atom. The minimum atomic E-state index is -0.00342. The Morgan fingerprint density at radius 2 is 1.82 bits per heavy atom. The van der Waals surface area contributed by atoms with E-state index < -0.39 is 0 Å². The molecular weight excluding hydrogens is 514 g/mol. The fourth-order valence-corrected chi connectivity index (χ4v) is 11.1. The zero-order valence-electron chi connectivity index (χ0n) is 24.2. The maximum absolute atomic E-state index is 13.8. The number of ketones is 1. The molecule has 0 aliphatic heterocycles. The lowest BCUT2D eigenvalue weighted by Crippen LogP contribution is -2.57. The van der Waals surface area contributed by atoms with Crippen molar-refractivity contribution in [1.29, 1.82) is 0 Å². The number of halogens is 1. The fourth-order valence-electron chi connectivity index (χ4n) is 9.81. The summed E-state index contributed by atoms with van der Waals surface area (Å²) < 4.78 is 6.49. The summed E-state index contributed by atoms with van der Waals surface area (Å²) in [5.74, 6) is 3.46. The minimum Gasteiger partial charge on any atom is -0.381 e. The van der Waals surface area contributed by atoms with Gasteiger partial charge in [-0.3, -0.25) is 9.59 Å². The first kappa shape index (κ1) is 28.6. The molecule has 4 aliphatic carbocycles. The Morgan fingerprint density at radius 1 is 1.11 bits per heavy atom. The lowest BCUT2D eigenvalue weighted by Gasteiger charge is -2.60. The first-order valence-corrected chi connectivity index (χ1v) is 16.3. The van der Waals surface area contributed by atoms with Crippen LogP contribution in [0.4, 0.5) is 0 Å². The summed E-state index contributed by atoms with van der Waals surface area (Å²) in [7, 11) is 1.83. The Labute approximate surface area is 239 Å². The molecule has 4 saturated carbocycles. The predicted octanol–water partition coefficient (Wildman–Crippen LogP) is 8.09. The predicted molar refractivity (Wildman–Crippen MR) is 155 cm³/mol. The zero-order chi connectivity index (χ0) is 27.4. The summed E-state index contributed by atoms with van der Waals surface area (Å²) in [6.07, 6.45) is 9.64. The van der Waals surface area contributed by atoms with Gasteiger partial charge in [-0.05, 0) is 103 Å². The quantitative estimate of drug-likeness (QED) is 0.366. The molecule has 212 valence electrons. The Kier molecular flexibility index (Phi) is 8.15. The second-order valence-corrected chi connectivity index (χ2v) is 15.8. The van der Waals surface area contributed by atoms with Gasteiger partial charge < -0.3 is 10.1 Å². The zero-order valence-corrected chi connectivity index (χ0v) is 25.8. The van der Waals surface area contributed by atoms with Crippen molar-refractivity contribution >= 4 is 34.6 Å². The van der Waals surface area contributed by atoms with Crippen molar-refractivity contribution in [3.63, 3.8) is 0 Å². The molecule has 0 spiro atoms. The van der Waals surface area contributed by atoms with Crippen LogP contribution < -0.4 is 5.32 Å². The number of methoxy groups -OCH3 is 1. The van der Waals surface area contributed by atoms with Gasteiger partial charge in [0.2, 0.25) is 5.91 Å². The van der Waals surface area contributed by atoms with E-state index in [2.05, 4.69) is 39.9 Å². The van der Waals surface area contributed by atoms with Gasteiger partial charge >= 0.3 is 0 Å². The average molecular weight is 562 g/mol. The molecule has 38 heavy (non-hydrogen) atoms. The highest BCUT2D eigenvalue weighted by atomic mass is 35.5. The second kappa shape index (κ2) is 10.8. The molecule has 0 bridgehead atoms. The van der Waals surface area contributed by atoms with Gasteiger partial charge in [0.25, 0.3) is 0 Å². The van der Waals surface area contributed by atoms with E-state index in [1.165, 1.54) is 12.8 Å². The summed E-state index contributed by atoms with van der Waals surface area (Å²) in [6, 6.07) is 3.95. The first-order valence-electron chi connectivity index (χ1n) is 15.1. The standard InChI is InChI=1S/C32H48ClNO3S/c1-18(2)30(26-9-10-27(33)38-26)34-28(36)15-19(3)22-7-8-23-29-24(12-14-32(22,23)5)31(4)13-11-21(37-6)16-20(31)17-25(29)35/h9-10,18-24,29-30H,7-8,11-17H2,1-6H3,(H,34,36)/t19-,20+,21-,22?,23+,24+,29+,30?,31+,32-/m1/s1. The SMILES string of the molecule is CO[C@@H]1CC[C@@]2(C)[C@H](CC(=O)[C@@H]3[C@@H]2CC[C@]2(C)C([C@H](C)CC(=O)NC(c4ccc(Cl)s4)C(C)C)CC[C@@H]32)C1. The number of amides is 1. The molecule has 0 aromatic carbocycles. The molecule has 0 radical (unpaired) electrons. The number of thiophene rings is 1. The van der Waals surface area contributed by atoms with Crippen LogP contribution in [-0.4, -0.2) is 24.9 Å². The molecule has 2 unspecified atom stereocenters. The van der Waals surface area contributed by atoms with E-state index >= 15 is 0 Å². The van der Waals surface area contributed by atoms with Crippen molar-refractivity contribution in [3.8, 4) is 0 Å². The van der Waals surface area contributed by atoms with Crippen molar-refractivity contribution in [1.82, 2.24) is 5.32 Å². The Balaban J connectivity index is 1.27. The molecule has 4 aliphatic rings. The lowest BCUT2D eigenvalue weighted by molar-refractivity contribution is -0.162. The summed E-state index contributed by atoms with van der Waals surface area (Å²) in [4.78, 5) is 28.2. The highest BCUT2D eigenvalue weighted by Crippen LogP contribution is 2.67. The first-order chi connectivity index (χ1) is 18.0. The molecule has 1 aromatic heterocycles. The molecular formula is C32H48ClNO3S. The van der Waals surface area contributed by atoms with Crippen LogP contribution >= 0.6 is 22.9 Å². The van der Waals surface area contributed by atoms with Crippen LogP contribution in [0.5, 0.6) is 0 Å². The summed E-state index contributed by atoms with van der Waals surface area (Å²) in [6.45, 7) is 11.5. The van der Waals surface area contributed by atoms with Gasteiger partial charge in [-0.25, -0.2) is 0 Å². The van der Waals surface area contributed by atoms with Gasteiger partial charge in [0.1, 0.15) is 5.78 Å². The Bertz CT molecular complexity index is 1040. The molecule has 1 aromatic rings. The molecule has 0 saturated heterocycles. The summed E-state index contributed by atoms with van der Waals surface area (Å²) in [5.41, 5.74) is 0.428. The number of ether oxygens (including phenoxy) is 1. The Hall–Kier alpha value is -0.910. The van der Waals surface area contributed by atoms with Crippen LogP contribution in [0, 0.1) is 52.3 Å². The lowest BCUT2D eigenvalue weighted by atomic mass is 9.44. The van der Waals surface area contributed by atoms with E-state index in [1.807, 2.05) is 19.2 Å². The highest BCUT2D eigenvalue weighted by Gasteiger charge is 2.63. The van der Waals surface area contributed by atoms with Gasteiger partial charge in [-0.2, -0.15) is 0 Å². The smallest absolute Gasteiger partial charge is 0.220 e. The number of carbonyl (C=O) groups excluding carboxylic acids is 2. The van der Waals surface area contributed by atoms with Gasteiger partial charge in [-0.15, -0.1) is 11.3 Å². The summed E-state index contributed by atoms with van der Waals surface area (Å²) in [5, 5.41) is 3.33. The second-order valence-electron chi connectivity index (χ2n) is 14.1. The van der Waals surface area contributed by atoms with E-state index in [0.717, 1.165) is 47.7 Å². The van der Waals surface area contributed by atoms with Crippen molar-refractivity contribution in [2.24, 2.45) is 52.3 Å². The van der Waals surface area contributed by atoms with Crippen molar-refractivity contribution in [3.05, 3.63) is 21.3 Å². The molecule has 4 fully saturated rings. The van der Waals surface area contributed by atoms with Crippen molar-refractivity contribution in [2.75, 3.05) is 7.11 Å². The van der Waals surface area contributed by atoms with E-state index in [0.29, 0.717) is 53.8 Å². The number of Topliss-reactive ketones (excluding diaryl/α,β-unsaturated/α-hetero) is 1. The third-order valence-corrected chi connectivity index (χ3v) is 13.2. The van der Waals surface area contributed by atoms with Gasteiger partial charge in [0, 0.05) is 30.7 Å². The highest BCUT2D eigenvalue weighted by molar-refractivity contribution is 7.16. The third-order valence-electron chi connectivity index (χ3n) is 11.9. The third kappa shape index (κ3) is 4.91. The number of hydrogen-bond acceptors (Lipinski definition) is 4. The van der Waals surface area contributed by atoms with Crippen LogP contribution in [0.1, 0.15) is 103 Å². The molecule has 1 heterocycles. The fraction of sp³-hybridized carbons (Fsp3) is 0.812. The largest absolute Gasteiger partial charge is 0.381 e.